The van der Waals surface area contributed by atoms with E-state index in [1.54, 1.807) is 0 Å². The van der Waals surface area contributed by atoms with Crippen LogP contribution < -0.4 is 0 Å². The first-order valence-corrected chi connectivity index (χ1v) is 47.3. The summed E-state index contributed by atoms with van der Waals surface area (Å²) >= 11 is 3.58. The average molecular weight is 1660 g/mol. The fourth-order valence-corrected chi connectivity index (χ4v) is 16.9. The molecule has 2 aliphatic heterocycles. The molecule has 0 unspecified atom stereocenters. The van der Waals surface area contributed by atoms with Crippen LogP contribution in [-0.4, -0.2) is 36.4 Å². The third-order valence-corrected chi connectivity index (χ3v) is 26.2. The second-order valence-corrected chi connectivity index (χ2v) is 37.1. The molecule has 0 radical (unpaired) electrons. The fraction of sp³-hybridized carbons (Fsp3) is 0.464. The molecular weight excluding hydrogens is 1510 g/mol. The summed E-state index contributed by atoms with van der Waals surface area (Å²) in [5.41, 5.74) is 30.1. The van der Waals surface area contributed by atoms with Gasteiger partial charge in [0.2, 0.25) is 0 Å². The summed E-state index contributed by atoms with van der Waals surface area (Å²) < 4.78 is 25.0. The molecule has 10 aromatic carbocycles. The van der Waals surface area contributed by atoms with Crippen LogP contribution in [0.3, 0.4) is 0 Å². The molecule has 2 fully saturated rings. The summed E-state index contributed by atoms with van der Waals surface area (Å²) in [7, 11) is -0.952. The minimum Gasteiger partial charge on any atom is -0.405 e. The molecule has 10 aromatic rings. The lowest BCUT2D eigenvalue weighted by atomic mass is 9.49. The zero-order chi connectivity index (χ0) is 83.9. The number of halogens is 1. The molecule has 0 N–H and O–H groups in total. The highest BCUT2D eigenvalue weighted by Gasteiger charge is 2.63. The fourth-order valence-electron chi connectivity index (χ4n) is 16.6. The third kappa shape index (κ3) is 27.8. The SMILES string of the molecule is C.CC1(C)OB(B2OC(C)(C)C(C)(C)O2)OC1(C)C.CCCCCCCc1ccc(-c2ccc(-c3cc(CCCCCC)c(-c4ccc(-c5ccc(Br)cc5)cc4)cc3CCCCCC)cc2)cc1.CCCCCCCc1ccc(-c2ccc(-c3cc(CCCCCC)c(-c4ccc(-c5ccc(C)cc5)cc4)cc3CCCCCC)cc2)cc1. The molecule has 634 valence electrons. The third-order valence-electron chi connectivity index (χ3n) is 25.7. The van der Waals surface area contributed by atoms with Gasteiger partial charge in [-0.1, -0.05) is 405 Å². The Kier molecular flexibility index (Phi) is 38.4. The minimum atomic E-state index is -0.476. The molecule has 7 heteroatoms. The van der Waals surface area contributed by atoms with Gasteiger partial charge >= 0.3 is 14.0 Å². The van der Waals surface area contributed by atoms with E-state index < -0.39 is 14.0 Å². The van der Waals surface area contributed by atoms with Crippen LogP contribution in [0, 0.1) is 6.92 Å². The van der Waals surface area contributed by atoms with Gasteiger partial charge in [-0.05, 0) is 274 Å². The van der Waals surface area contributed by atoms with Crippen molar-refractivity contribution in [3.05, 3.63) is 262 Å². The second-order valence-electron chi connectivity index (χ2n) is 36.2. The van der Waals surface area contributed by atoms with Crippen LogP contribution in [0.15, 0.2) is 223 Å². The molecule has 0 saturated carbocycles. The summed E-state index contributed by atoms with van der Waals surface area (Å²) in [5, 5.41) is 0. The van der Waals surface area contributed by atoms with E-state index in [1.807, 2.05) is 55.4 Å². The Balaban J connectivity index is 0.000000223. The standard InChI is InChI=1S/C50H62.C49H59Br.C12H24B2O4.CH4/c1-5-8-11-14-15-18-40-23-27-42(28-24-40)44-31-35-46(36-32-44)50-38-47(19-16-12-9-6-2)49(37-48(50)20-17-13-10-7-3)45-33-29-43(30-34-45)41-25-21-39(4)22-26-41;1-4-7-10-13-14-17-38-20-22-39(23-21-38)40-24-28-43(29-25-40)48-36-46(19-16-12-9-6-3)49(37-45(48)18-15-11-8-5-2)44-30-26-41(27-31-44)42-32-34-47(50)35-33-42;1-9(2)10(3,4)16-13(15-9)14-17-11(5,6)12(7,8)18-14;/h21-38H,5-20H2,1-4H3;20-37H,4-19H2,1-3H3;1-8H3;1H4. The molecule has 2 saturated heterocycles. The quantitative estimate of drug-likeness (QED) is 0.0283. The summed E-state index contributed by atoms with van der Waals surface area (Å²) in [5.74, 6) is 0. The molecule has 0 amide bonds. The molecule has 0 aromatic heterocycles. The average Bonchev–Trinajstić information content (AvgIpc) is 1.61. The summed E-state index contributed by atoms with van der Waals surface area (Å²) in [6, 6.07) is 83.9. The largest absolute Gasteiger partial charge is 0.488 e. The van der Waals surface area contributed by atoms with Crippen LogP contribution in [0.4, 0.5) is 0 Å². The Morgan fingerprint density at radius 3 is 0.630 bits per heavy atom. The van der Waals surface area contributed by atoms with Crippen LogP contribution in [-0.2, 0) is 57.1 Å². The molecule has 2 heterocycles. The monoisotopic (exact) mass is 1660 g/mol. The van der Waals surface area contributed by atoms with Crippen molar-refractivity contribution in [1.29, 1.82) is 0 Å². The Morgan fingerprint density at radius 2 is 0.403 bits per heavy atom. The first-order chi connectivity index (χ1) is 57.1. The number of hydrogen-bond donors (Lipinski definition) is 0. The van der Waals surface area contributed by atoms with E-state index in [0.717, 1.165) is 30.2 Å². The van der Waals surface area contributed by atoms with Crippen molar-refractivity contribution in [2.24, 2.45) is 0 Å². The maximum absolute atomic E-state index is 5.96. The predicted molar refractivity (Wildman–Crippen MR) is 524 cm³/mol. The second kappa shape index (κ2) is 47.9. The molecule has 12 rings (SSSR count). The van der Waals surface area contributed by atoms with Crippen LogP contribution in [0.25, 0.3) is 89.0 Å². The summed E-state index contributed by atoms with van der Waals surface area (Å²) in [4.78, 5) is 0. The minimum absolute atomic E-state index is 0. The first-order valence-electron chi connectivity index (χ1n) is 46.5. The summed E-state index contributed by atoms with van der Waals surface area (Å²) in [6.07, 6.45) is 40.7. The highest BCUT2D eigenvalue weighted by Crippen LogP contribution is 2.45. The van der Waals surface area contributed by atoms with Gasteiger partial charge in [-0.25, -0.2) is 0 Å². The van der Waals surface area contributed by atoms with Gasteiger partial charge in [0.25, 0.3) is 0 Å². The zero-order valence-corrected chi connectivity index (χ0v) is 77.2. The van der Waals surface area contributed by atoms with Crippen LogP contribution in [0.2, 0.25) is 0 Å². The molecule has 2 aliphatic rings. The lowest BCUT2D eigenvalue weighted by Crippen LogP contribution is -2.41. The number of hydrogen-bond acceptors (Lipinski definition) is 4. The maximum Gasteiger partial charge on any atom is 0.488 e. The molecule has 0 spiro atoms. The van der Waals surface area contributed by atoms with Gasteiger partial charge in [-0.15, -0.1) is 0 Å². The van der Waals surface area contributed by atoms with E-state index in [9.17, 15) is 0 Å². The van der Waals surface area contributed by atoms with Crippen molar-refractivity contribution >= 4 is 29.9 Å². The highest BCUT2D eigenvalue weighted by atomic mass is 79.9. The lowest BCUT2D eigenvalue weighted by Gasteiger charge is -2.32. The van der Waals surface area contributed by atoms with E-state index in [1.165, 1.54) is 308 Å². The Hall–Kier alpha value is -7.35. The van der Waals surface area contributed by atoms with Crippen molar-refractivity contribution < 1.29 is 18.6 Å². The van der Waals surface area contributed by atoms with E-state index in [0.29, 0.717) is 0 Å². The Labute approximate surface area is 733 Å². The van der Waals surface area contributed by atoms with E-state index in [2.05, 4.69) is 283 Å². The Bertz CT molecular complexity index is 4250. The number of rotatable bonds is 41. The predicted octanol–water partition coefficient (Wildman–Crippen LogP) is 34.2. The maximum atomic E-state index is 5.96. The van der Waals surface area contributed by atoms with Gasteiger partial charge < -0.3 is 18.6 Å². The van der Waals surface area contributed by atoms with Gasteiger partial charge in [-0.2, -0.15) is 0 Å². The van der Waals surface area contributed by atoms with Crippen molar-refractivity contribution in [2.45, 2.75) is 339 Å². The molecule has 119 heavy (non-hydrogen) atoms. The van der Waals surface area contributed by atoms with Gasteiger partial charge in [0.1, 0.15) is 0 Å². The number of unbranched alkanes of at least 4 members (excludes halogenated alkanes) is 20. The molecule has 4 nitrogen and oxygen atoms in total. The highest BCUT2D eigenvalue weighted by molar-refractivity contribution is 9.10. The topological polar surface area (TPSA) is 36.9 Å². The number of aryl methyl sites for hydroxylation is 7. The Morgan fingerprint density at radius 1 is 0.227 bits per heavy atom. The normalized spacial score (nSPS) is 14.3. The van der Waals surface area contributed by atoms with Crippen LogP contribution in [0.1, 0.15) is 310 Å². The zero-order valence-electron chi connectivity index (χ0n) is 75.6. The summed E-state index contributed by atoms with van der Waals surface area (Å²) in [6.45, 7) is 32.2. The van der Waals surface area contributed by atoms with Crippen LogP contribution >= 0.6 is 15.9 Å². The lowest BCUT2D eigenvalue weighted by molar-refractivity contribution is 0.00578. The molecule has 0 atom stereocenters. The van der Waals surface area contributed by atoms with Gasteiger partial charge in [0.15, 0.2) is 0 Å². The van der Waals surface area contributed by atoms with Crippen LogP contribution in [0.5, 0.6) is 0 Å². The van der Waals surface area contributed by atoms with Crippen molar-refractivity contribution in [2.75, 3.05) is 0 Å². The first kappa shape index (κ1) is 95.5. The van der Waals surface area contributed by atoms with E-state index in [4.69, 9.17) is 18.6 Å². The molecular formula is C112H149B2BrO4. The van der Waals surface area contributed by atoms with Crippen molar-refractivity contribution in [3.63, 3.8) is 0 Å². The van der Waals surface area contributed by atoms with Gasteiger partial charge in [0.05, 0.1) is 22.4 Å². The van der Waals surface area contributed by atoms with E-state index >= 15 is 0 Å². The molecule has 0 bridgehead atoms. The van der Waals surface area contributed by atoms with Crippen molar-refractivity contribution in [3.8, 4) is 89.0 Å². The van der Waals surface area contributed by atoms with Gasteiger partial charge in [-0.3, -0.25) is 0 Å². The van der Waals surface area contributed by atoms with E-state index in [-0.39, 0.29) is 29.8 Å². The van der Waals surface area contributed by atoms with Crippen molar-refractivity contribution in [1.82, 2.24) is 0 Å². The van der Waals surface area contributed by atoms with Gasteiger partial charge in [0, 0.05) is 4.47 Å². The smallest absolute Gasteiger partial charge is 0.405 e. The molecule has 0 aliphatic carbocycles. The number of benzene rings is 10.